The van der Waals surface area contributed by atoms with Gasteiger partial charge in [-0.1, -0.05) is 44.2 Å². The van der Waals surface area contributed by atoms with Crippen molar-refractivity contribution >= 4 is 12.3 Å². The average molecular weight is 398 g/mol. The lowest BCUT2D eigenvalue weighted by atomic mass is 10.1. The lowest BCUT2D eigenvalue weighted by Crippen LogP contribution is -2.23. The Morgan fingerprint density at radius 1 is 1.21 bits per heavy atom. The highest BCUT2D eigenvalue weighted by Gasteiger charge is 2.10. The van der Waals surface area contributed by atoms with Crippen molar-refractivity contribution in [1.29, 1.82) is 0 Å². The van der Waals surface area contributed by atoms with Gasteiger partial charge in [0.25, 0.3) is 0 Å². The summed E-state index contributed by atoms with van der Waals surface area (Å²) in [5, 5.41) is 0. The molecule has 0 heterocycles. The number of allylic oxidation sites excluding steroid dienone is 2. The van der Waals surface area contributed by atoms with Crippen LogP contribution in [0.1, 0.15) is 45.6 Å². The molecule has 0 N–H and O–H groups in total. The van der Waals surface area contributed by atoms with E-state index in [1.54, 1.807) is 7.11 Å². The van der Waals surface area contributed by atoms with Gasteiger partial charge in [0.1, 0.15) is 5.75 Å². The number of methoxy groups -OCH3 is 1. The van der Waals surface area contributed by atoms with E-state index in [2.05, 4.69) is 74.4 Å². The first-order valence-electron chi connectivity index (χ1n) is 10.5. The van der Waals surface area contributed by atoms with Crippen LogP contribution in [-0.4, -0.2) is 56.4 Å². The van der Waals surface area contributed by atoms with Crippen molar-refractivity contribution in [1.82, 2.24) is 9.80 Å². The van der Waals surface area contributed by atoms with Gasteiger partial charge in [0, 0.05) is 36.1 Å². The molecule has 0 saturated carbocycles. The SMILES string of the molecule is C=C/C(=C\N(/C=C(/CCN(C)CCCC)CN=C)C(C)C)c1ccccc1OC. The van der Waals surface area contributed by atoms with E-state index in [4.69, 9.17) is 4.74 Å². The Morgan fingerprint density at radius 3 is 2.52 bits per heavy atom. The van der Waals surface area contributed by atoms with Gasteiger partial charge in [0.05, 0.1) is 13.7 Å². The van der Waals surface area contributed by atoms with E-state index in [0.29, 0.717) is 12.6 Å². The third-order valence-electron chi connectivity index (χ3n) is 4.88. The van der Waals surface area contributed by atoms with Crippen molar-refractivity contribution in [3.8, 4) is 5.75 Å². The van der Waals surface area contributed by atoms with Gasteiger partial charge in [-0.05, 0) is 58.6 Å². The van der Waals surface area contributed by atoms with Gasteiger partial charge in [0.2, 0.25) is 0 Å². The Kier molecular flexibility index (Phi) is 11.7. The molecule has 0 aliphatic heterocycles. The summed E-state index contributed by atoms with van der Waals surface area (Å²) in [6.07, 6.45) is 9.67. The first kappa shape index (κ1) is 24.7. The van der Waals surface area contributed by atoms with Gasteiger partial charge in [-0.2, -0.15) is 0 Å². The van der Waals surface area contributed by atoms with E-state index in [9.17, 15) is 0 Å². The number of para-hydroxylation sites is 1. The van der Waals surface area contributed by atoms with Crippen LogP contribution in [0.5, 0.6) is 5.75 Å². The minimum Gasteiger partial charge on any atom is -0.496 e. The lowest BCUT2D eigenvalue weighted by molar-refractivity contribution is 0.329. The van der Waals surface area contributed by atoms with E-state index < -0.39 is 0 Å². The third kappa shape index (κ3) is 8.70. The molecular formula is C25H39N3O. The minimum atomic E-state index is 0.303. The Hall–Kier alpha value is -2.33. The second kappa shape index (κ2) is 13.8. The Labute approximate surface area is 178 Å². The number of unbranched alkanes of at least 4 members (excludes halogenated alkanes) is 1. The van der Waals surface area contributed by atoms with E-state index >= 15 is 0 Å². The van der Waals surface area contributed by atoms with Gasteiger partial charge in [-0.3, -0.25) is 4.99 Å². The first-order valence-corrected chi connectivity index (χ1v) is 10.5. The van der Waals surface area contributed by atoms with Crippen molar-refractivity contribution in [3.63, 3.8) is 0 Å². The zero-order valence-electron chi connectivity index (χ0n) is 19.0. The van der Waals surface area contributed by atoms with Gasteiger partial charge in [0.15, 0.2) is 0 Å². The van der Waals surface area contributed by atoms with Crippen molar-refractivity contribution < 1.29 is 4.74 Å². The summed E-state index contributed by atoms with van der Waals surface area (Å²) < 4.78 is 5.54. The highest BCUT2D eigenvalue weighted by Crippen LogP contribution is 2.27. The zero-order valence-corrected chi connectivity index (χ0v) is 19.0. The number of benzene rings is 1. The third-order valence-corrected chi connectivity index (χ3v) is 4.88. The summed E-state index contributed by atoms with van der Waals surface area (Å²) in [5.74, 6) is 0.844. The Morgan fingerprint density at radius 2 is 1.93 bits per heavy atom. The van der Waals surface area contributed by atoms with Crippen LogP contribution in [0.4, 0.5) is 0 Å². The number of rotatable bonds is 14. The molecule has 4 nitrogen and oxygen atoms in total. The molecule has 0 radical (unpaired) electrons. The van der Waals surface area contributed by atoms with Crippen molar-refractivity contribution in [2.45, 2.75) is 46.1 Å². The van der Waals surface area contributed by atoms with Crippen LogP contribution in [0.2, 0.25) is 0 Å². The van der Waals surface area contributed by atoms with Crippen LogP contribution < -0.4 is 4.74 Å². The van der Waals surface area contributed by atoms with Crippen LogP contribution in [0.3, 0.4) is 0 Å². The molecule has 160 valence electrons. The summed E-state index contributed by atoms with van der Waals surface area (Å²) in [4.78, 5) is 8.77. The van der Waals surface area contributed by atoms with Gasteiger partial charge >= 0.3 is 0 Å². The maximum Gasteiger partial charge on any atom is 0.126 e. The van der Waals surface area contributed by atoms with E-state index in [0.717, 1.165) is 36.4 Å². The fraction of sp³-hybridized carbons (Fsp3) is 0.480. The molecular weight excluding hydrogens is 358 g/mol. The molecule has 0 unspecified atom stereocenters. The molecule has 0 amide bonds. The average Bonchev–Trinajstić information content (AvgIpc) is 2.73. The fourth-order valence-electron chi connectivity index (χ4n) is 3.02. The zero-order chi connectivity index (χ0) is 21.6. The lowest BCUT2D eigenvalue weighted by Gasteiger charge is -2.25. The molecule has 4 heteroatoms. The predicted molar refractivity (Wildman–Crippen MR) is 128 cm³/mol. The van der Waals surface area contributed by atoms with E-state index in [1.165, 1.54) is 18.4 Å². The molecule has 0 saturated heterocycles. The highest BCUT2D eigenvalue weighted by atomic mass is 16.5. The topological polar surface area (TPSA) is 28.1 Å². The summed E-state index contributed by atoms with van der Waals surface area (Å²) in [6, 6.07) is 8.33. The first-order chi connectivity index (χ1) is 14.0. The van der Waals surface area contributed by atoms with Crippen molar-refractivity contribution in [2.75, 3.05) is 33.8 Å². The minimum absolute atomic E-state index is 0.303. The van der Waals surface area contributed by atoms with E-state index in [-0.39, 0.29) is 0 Å². The van der Waals surface area contributed by atoms with Crippen LogP contribution in [0.25, 0.3) is 5.57 Å². The number of aliphatic imine (C=N–C) groups is 1. The maximum atomic E-state index is 5.54. The molecule has 0 bridgehead atoms. The molecule has 0 aliphatic rings. The normalized spacial score (nSPS) is 12.4. The molecule has 29 heavy (non-hydrogen) atoms. The predicted octanol–water partition coefficient (Wildman–Crippen LogP) is 5.64. The number of ether oxygens (including phenoxy) is 1. The molecule has 1 aromatic rings. The smallest absolute Gasteiger partial charge is 0.126 e. The highest BCUT2D eigenvalue weighted by molar-refractivity contribution is 5.77. The Bertz CT molecular complexity index is 691. The fourth-order valence-corrected chi connectivity index (χ4v) is 3.02. The van der Waals surface area contributed by atoms with Crippen LogP contribution >= 0.6 is 0 Å². The Balaban J connectivity index is 3.11. The summed E-state index contributed by atoms with van der Waals surface area (Å²) in [5.41, 5.74) is 3.34. The monoisotopic (exact) mass is 397 g/mol. The standard InChI is InChI=1S/C25H39N3O/c1-8-10-16-27(6)17-15-22(18-26-5)19-28(21(3)4)20-23(9-2)24-13-11-12-14-25(24)29-7/h9,11-14,19-21H,2,5,8,10,15-18H2,1,3-4,6-7H3/b22-19-,23-20+. The molecule has 0 atom stereocenters. The molecule has 0 fully saturated rings. The van der Waals surface area contributed by atoms with Crippen LogP contribution in [-0.2, 0) is 0 Å². The van der Waals surface area contributed by atoms with Crippen molar-refractivity contribution in [3.05, 3.63) is 60.5 Å². The summed E-state index contributed by atoms with van der Waals surface area (Å²) in [6.45, 7) is 17.1. The molecule has 1 aromatic carbocycles. The quantitative estimate of drug-likeness (QED) is 0.300. The number of nitrogens with zero attached hydrogens (tertiary/aromatic N) is 3. The number of hydrogen-bond acceptors (Lipinski definition) is 4. The van der Waals surface area contributed by atoms with Crippen molar-refractivity contribution in [2.24, 2.45) is 4.99 Å². The molecule has 0 spiro atoms. The molecule has 0 aromatic heterocycles. The summed E-state index contributed by atoms with van der Waals surface area (Å²) in [7, 11) is 3.88. The number of hydrogen-bond donors (Lipinski definition) is 0. The summed E-state index contributed by atoms with van der Waals surface area (Å²) >= 11 is 0. The van der Waals surface area contributed by atoms with Crippen LogP contribution in [0, 0.1) is 0 Å². The van der Waals surface area contributed by atoms with Gasteiger partial charge < -0.3 is 14.5 Å². The molecule has 1 rings (SSSR count). The second-order valence-corrected chi connectivity index (χ2v) is 7.61. The van der Waals surface area contributed by atoms with Crippen LogP contribution in [0.15, 0.2) is 59.9 Å². The van der Waals surface area contributed by atoms with E-state index in [1.807, 2.05) is 24.3 Å². The second-order valence-electron chi connectivity index (χ2n) is 7.61. The van der Waals surface area contributed by atoms with Gasteiger partial charge in [-0.25, -0.2) is 0 Å². The molecule has 0 aliphatic carbocycles. The van der Waals surface area contributed by atoms with Gasteiger partial charge in [-0.15, -0.1) is 0 Å². The largest absolute Gasteiger partial charge is 0.496 e. The maximum absolute atomic E-state index is 5.54.